The number of aryl methyl sites for hydroxylation is 1. The molecule has 0 unspecified atom stereocenters. The second-order valence-electron chi connectivity index (χ2n) is 4.66. The van der Waals surface area contributed by atoms with Gasteiger partial charge in [0.15, 0.2) is 0 Å². The smallest absolute Gasteiger partial charge is 0.209 e. The zero-order valence-electron chi connectivity index (χ0n) is 12.2. The average molecular weight is 316 g/mol. The molecule has 114 valence electrons. The average Bonchev–Trinajstić information content (AvgIpc) is 3.18. The molecule has 0 radical (unpaired) electrons. The van der Waals surface area contributed by atoms with Gasteiger partial charge < -0.3 is 9.15 Å². The molecule has 0 aliphatic rings. The third-order valence-electron chi connectivity index (χ3n) is 3.05. The van der Waals surface area contributed by atoms with E-state index in [2.05, 4.69) is 15.5 Å². The molecule has 1 aromatic carbocycles. The van der Waals surface area contributed by atoms with Gasteiger partial charge in [0, 0.05) is 5.75 Å². The zero-order valence-corrected chi connectivity index (χ0v) is 13.0. The number of thioether (sulfide) groups is 1. The van der Waals surface area contributed by atoms with Crippen molar-refractivity contribution in [2.24, 2.45) is 0 Å². The molecule has 0 atom stereocenters. The fourth-order valence-corrected chi connectivity index (χ4v) is 2.65. The minimum absolute atomic E-state index is 0.529. The number of benzene rings is 1. The number of hydrogen-bond acceptors (Lipinski definition) is 6. The van der Waals surface area contributed by atoms with Crippen LogP contribution in [0.1, 0.15) is 11.3 Å². The molecule has 3 rings (SSSR count). The number of hydrogen-bond donors (Lipinski definition) is 0. The van der Waals surface area contributed by atoms with Crippen LogP contribution in [0, 0.1) is 6.92 Å². The van der Waals surface area contributed by atoms with E-state index in [1.807, 2.05) is 43.3 Å². The molecule has 0 N–H and O–H groups in total. The second kappa shape index (κ2) is 7.13. The summed E-state index contributed by atoms with van der Waals surface area (Å²) in [4.78, 5) is 0. The van der Waals surface area contributed by atoms with Gasteiger partial charge in [0.05, 0.1) is 12.9 Å². The van der Waals surface area contributed by atoms with Crippen LogP contribution < -0.4 is 4.74 Å². The van der Waals surface area contributed by atoms with Crippen molar-refractivity contribution in [3.05, 3.63) is 54.0 Å². The lowest BCUT2D eigenvalue weighted by atomic mass is 10.2. The Morgan fingerprint density at radius 2 is 2.14 bits per heavy atom. The summed E-state index contributed by atoms with van der Waals surface area (Å²) in [6, 6.07) is 11.7. The summed E-state index contributed by atoms with van der Waals surface area (Å²) in [5, 5.41) is 12.5. The van der Waals surface area contributed by atoms with Crippen LogP contribution in [0.25, 0.3) is 0 Å². The Morgan fingerprint density at radius 1 is 1.23 bits per heavy atom. The predicted molar refractivity (Wildman–Crippen MR) is 83.0 cm³/mol. The SMILES string of the molecule is Cc1ccccc1OCCSc1nnnn1Cc1ccco1. The van der Waals surface area contributed by atoms with Crippen molar-refractivity contribution in [3.63, 3.8) is 0 Å². The number of nitrogens with zero attached hydrogens (tertiary/aromatic N) is 4. The Balaban J connectivity index is 1.50. The van der Waals surface area contributed by atoms with Gasteiger partial charge in [0.2, 0.25) is 5.16 Å². The Kier molecular flexibility index (Phi) is 4.75. The maximum atomic E-state index is 5.76. The fourth-order valence-electron chi connectivity index (χ4n) is 1.95. The number of rotatable bonds is 7. The molecule has 0 saturated heterocycles. The van der Waals surface area contributed by atoms with Gasteiger partial charge >= 0.3 is 0 Å². The third kappa shape index (κ3) is 3.67. The monoisotopic (exact) mass is 316 g/mol. The Morgan fingerprint density at radius 3 is 2.95 bits per heavy atom. The van der Waals surface area contributed by atoms with E-state index in [1.165, 1.54) is 0 Å². The van der Waals surface area contributed by atoms with Crippen molar-refractivity contribution in [1.29, 1.82) is 0 Å². The molecular weight excluding hydrogens is 300 g/mol. The van der Waals surface area contributed by atoms with Crippen LogP contribution in [-0.4, -0.2) is 32.6 Å². The number of aromatic nitrogens is 4. The van der Waals surface area contributed by atoms with Crippen molar-refractivity contribution in [2.45, 2.75) is 18.6 Å². The van der Waals surface area contributed by atoms with Gasteiger partial charge in [-0.3, -0.25) is 0 Å². The third-order valence-corrected chi connectivity index (χ3v) is 3.97. The van der Waals surface area contributed by atoms with E-state index in [0.29, 0.717) is 13.2 Å². The summed E-state index contributed by atoms with van der Waals surface area (Å²) in [7, 11) is 0. The molecule has 0 spiro atoms. The van der Waals surface area contributed by atoms with Crippen LogP contribution in [0.4, 0.5) is 0 Å². The summed E-state index contributed by atoms with van der Waals surface area (Å²) in [6.07, 6.45) is 1.64. The van der Waals surface area contributed by atoms with Crippen LogP contribution in [0.3, 0.4) is 0 Å². The van der Waals surface area contributed by atoms with Crippen molar-refractivity contribution in [2.75, 3.05) is 12.4 Å². The standard InChI is InChI=1S/C15H16N4O2S/c1-12-5-2-3-7-14(12)21-9-10-22-15-16-17-18-19(15)11-13-6-4-8-20-13/h2-8H,9-11H2,1H3. The molecule has 0 saturated carbocycles. The van der Waals surface area contributed by atoms with E-state index in [1.54, 1.807) is 22.7 Å². The molecule has 0 amide bonds. The first kappa shape index (κ1) is 14.6. The first-order valence-electron chi connectivity index (χ1n) is 6.93. The topological polar surface area (TPSA) is 66.0 Å². The van der Waals surface area contributed by atoms with Crippen molar-refractivity contribution < 1.29 is 9.15 Å². The molecule has 0 fully saturated rings. The highest BCUT2D eigenvalue weighted by molar-refractivity contribution is 7.99. The first-order valence-corrected chi connectivity index (χ1v) is 7.91. The quantitative estimate of drug-likeness (QED) is 0.493. The summed E-state index contributed by atoms with van der Waals surface area (Å²) >= 11 is 1.56. The van der Waals surface area contributed by atoms with Gasteiger partial charge in [-0.15, -0.1) is 5.10 Å². The van der Waals surface area contributed by atoms with Gasteiger partial charge in [-0.2, -0.15) is 0 Å². The van der Waals surface area contributed by atoms with Gasteiger partial charge in [-0.1, -0.05) is 30.0 Å². The van der Waals surface area contributed by atoms with Crippen molar-refractivity contribution in [1.82, 2.24) is 20.2 Å². The van der Waals surface area contributed by atoms with E-state index < -0.39 is 0 Å². The molecule has 0 aliphatic carbocycles. The lowest BCUT2D eigenvalue weighted by Gasteiger charge is -2.08. The zero-order chi connectivity index (χ0) is 15.2. The highest BCUT2D eigenvalue weighted by atomic mass is 32.2. The molecule has 2 heterocycles. The normalized spacial score (nSPS) is 10.8. The fraction of sp³-hybridized carbons (Fsp3) is 0.267. The number of ether oxygens (including phenoxy) is 1. The summed E-state index contributed by atoms with van der Waals surface area (Å²) < 4.78 is 12.8. The molecular formula is C15H16N4O2S. The molecule has 0 bridgehead atoms. The molecule has 2 aromatic heterocycles. The maximum Gasteiger partial charge on any atom is 0.209 e. The van der Waals surface area contributed by atoms with E-state index in [0.717, 1.165) is 28.0 Å². The molecule has 6 nitrogen and oxygen atoms in total. The van der Waals surface area contributed by atoms with Crippen LogP contribution >= 0.6 is 11.8 Å². The van der Waals surface area contributed by atoms with Crippen LogP contribution in [-0.2, 0) is 6.54 Å². The lowest BCUT2D eigenvalue weighted by molar-refractivity contribution is 0.341. The maximum absolute atomic E-state index is 5.76. The highest BCUT2D eigenvalue weighted by Crippen LogP contribution is 2.18. The van der Waals surface area contributed by atoms with E-state index in [-0.39, 0.29) is 0 Å². The first-order chi connectivity index (χ1) is 10.8. The van der Waals surface area contributed by atoms with Gasteiger partial charge in [0.25, 0.3) is 0 Å². The summed E-state index contributed by atoms with van der Waals surface area (Å²) in [5.41, 5.74) is 1.13. The van der Waals surface area contributed by atoms with E-state index >= 15 is 0 Å². The minimum atomic E-state index is 0.529. The lowest BCUT2D eigenvalue weighted by Crippen LogP contribution is -2.05. The largest absolute Gasteiger partial charge is 0.492 e. The second-order valence-corrected chi connectivity index (χ2v) is 5.72. The summed E-state index contributed by atoms with van der Waals surface area (Å²) in [5.74, 6) is 2.51. The number of furan rings is 1. The number of tetrazole rings is 1. The van der Waals surface area contributed by atoms with E-state index in [9.17, 15) is 0 Å². The predicted octanol–water partition coefficient (Wildman–Crippen LogP) is 2.79. The molecule has 3 aromatic rings. The van der Waals surface area contributed by atoms with Crippen LogP contribution in [0.15, 0.2) is 52.2 Å². The highest BCUT2D eigenvalue weighted by Gasteiger charge is 2.09. The van der Waals surface area contributed by atoms with Crippen molar-refractivity contribution >= 4 is 11.8 Å². The van der Waals surface area contributed by atoms with Gasteiger partial charge in [-0.25, -0.2) is 4.68 Å². The Hall–Kier alpha value is -2.28. The van der Waals surface area contributed by atoms with Gasteiger partial charge in [0.1, 0.15) is 18.1 Å². The van der Waals surface area contributed by atoms with Gasteiger partial charge in [-0.05, 0) is 41.1 Å². The van der Waals surface area contributed by atoms with E-state index in [4.69, 9.17) is 9.15 Å². The minimum Gasteiger partial charge on any atom is -0.492 e. The molecule has 22 heavy (non-hydrogen) atoms. The molecule has 0 aliphatic heterocycles. The summed E-state index contributed by atoms with van der Waals surface area (Å²) in [6.45, 7) is 3.16. The van der Waals surface area contributed by atoms with Crippen LogP contribution in [0.5, 0.6) is 5.75 Å². The Bertz CT molecular complexity index is 712. The van der Waals surface area contributed by atoms with Crippen LogP contribution in [0.2, 0.25) is 0 Å². The number of para-hydroxylation sites is 1. The Labute approximate surface area is 132 Å². The van der Waals surface area contributed by atoms with Crippen molar-refractivity contribution in [3.8, 4) is 5.75 Å². The molecule has 7 heteroatoms.